The maximum Gasteiger partial charge on any atom is 0.237 e. The summed E-state index contributed by atoms with van der Waals surface area (Å²) in [4.78, 5) is 11.8. The molecule has 0 spiro atoms. The molecule has 5 nitrogen and oxygen atoms in total. The first kappa shape index (κ1) is 17.7. The van der Waals surface area contributed by atoms with Crippen LogP contribution in [0.4, 0.5) is 4.39 Å². The second kappa shape index (κ2) is 8.17. The average Bonchev–Trinajstić information content (AvgIpc) is 2.85. The highest BCUT2D eigenvalue weighted by atomic mass is 35.5. The second-order valence-corrected chi connectivity index (χ2v) is 4.95. The van der Waals surface area contributed by atoms with Crippen LogP contribution in [-0.2, 0) is 4.79 Å². The fourth-order valence-corrected chi connectivity index (χ4v) is 2.08. The van der Waals surface area contributed by atoms with Crippen molar-refractivity contribution in [3.8, 4) is 5.75 Å². The zero-order valence-corrected chi connectivity index (χ0v) is 12.5. The number of hydrogen-bond donors (Lipinski definition) is 3. The van der Waals surface area contributed by atoms with Gasteiger partial charge in [-0.1, -0.05) is 12.1 Å². The van der Waals surface area contributed by atoms with Gasteiger partial charge in [0.25, 0.3) is 0 Å². The number of nitrogens with one attached hydrogen (secondary N) is 2. The summed E-state index contributed by atoms with van der Waals surface area (Å²) in [5.41, 5.74) is 0. The molecule has 0 bridgehead atoms. The summed E-state index contributed by atoms with van der Waals surface area (Å²) in [6.45, 7) is 2.46. The Bertz CT molecular complexity index is 475. The van der Waals surface area contributed by atoms with Gasteiger partial charge in [0.2, 0.25) is 5.91 Å². The number of amides is 1. The largest absolute Gasteiger partial charge is 0.486 e. The van der Waals surface area contributed by atoms with Crippen LogP contribution in [0, 0.1) is 5.82 Å². The number of benzene rings is 1. The fourth-order valence-electron chi connectivity index (χ4n) is 2.08. The van der Waals surface area contributed by atoms with Gasteiger partial charge in [-0.3, -0.25) is 4.79 Å². The van der Waals surface area contributed by atoms with E-state index in [0.29, 0.717) is 13.0 Å². The highest BCUT2D eigenvalue weighted by Gasteiger charge is 2.28. The Labute approximate surface area is 129 Å². The van der Waals surface area contributed by atoms with Gasteiger partial charge in [0, 0.05) is 6.54 Å². The maximum atomic E-state index is 13.4. The van der Waals surface area contributed by atoms with Crippen LogP contribution in [0.25, 0.3) is 0 Å². The molecule has 0 saturated carbocycles. The molecule has 21 heavy (non-hydrogen) atoms. The molecule has 3 atom stereocenters. The van der Waals surface area contributed by atoms with Gasteiger partial charge < -0.3 is 20.5 Å². The Morgan fingerprint density at radius 3 is 2.90 bits per heavy atom. The minimum atomic E-state index is -0.474. The monoisotopic (exact) mass is 318 g/mol. The van der Waals surface area contributed by atoms with Crippen LogP contribution < -0.4 is 15.4 Å². The molecule has 0 aliphatic carbocycles. The maximum absolute atomic E-state index is 13.4. The third kappa shape index (κ3) is 5.15. The van der Waals surface area contributed by atoms with E-state index in [1.165, 1.54) is 6.07 Å². The molecule has 1 saturated heterocycles. The standard InChI is InChI=1S/C14H19FN2O3.ClH/c1-9(20-13-5-3-2-4-11(13)15)7-17-14(19)12-6-10(18)8-16-12;/h2-5,9-10,12,16,18H,6-8H2,1H3,(H,17,19);1H. The fraction of sp³-hybridized carbons (Fsp3) is 0.500. The van der Waals surface area contributed by atoms with Gasteiger partial charge in [-0.05, 0) is 25.5 Å². The van der Waals surface area contributed by atoms with E-state index in [-0.39, 0.29) is 42.8 Å². The van der Waals surface area contributed by atoms with Crippen LogP contribution in [0.1, 0.15) is 13.3 Å². The van der Waals surface area contributed by atoms with E-state index in [2.05, 4.69) is 10.6 Å². The van der Waals surface area contributed by atoms with Crippen molar-refractivity contribution in [2.75, 3.05) is 13.1 Å². The zero-order chi connectivity index (χ0) is 14.5. The molecule has 2 rings (SSSR count). The third-order valence-electron chi connectivity index (χ3n) is 3.15. The smallest absolute Gasteiger partial charge is 0.237 e. The van der Waals surface area contributed by atoms with Crippen molar-refractivity contribution >= 4 is 18.3 Å². The van der Waals surface area contributed by atoms with Crippen LogP contribution in [-0.4, -0.2) is 42.4 Å². The number of aliphatic hydroxyl groups is 1. The molecule has 3 N–H and O–H groups in total. The molecule has 1 amide bonds. The van der Waals surface area contributed by atoms with Crippen LogP contribution in [0.5, 0.6) is 5.75 Å². The van der Waals surface area contributed by atoms with Gasteiger partial charge >= 0.3 is 0 Å². The minimum Gasteiger partial charge on any atom is -0.486 e. The van der Waals surface area contributed by atoms with E-state index in [9.17, 15) is 14.3 Å². The molecule has 7 heteroatoms. The van der Waals surface area contributed by atoms with Crippen molar-refractivity contribution < 1.29 is 19.0 Å². The van der Waals surface area contributed by atoms with E-state index < -0.39 is 11.9 Å². The number of para-hydroxylation sites is 1. The van der Waals surface area contributed by atoms with Crippen molar-refractivity contribution in [2.45, 2.75) is 31.6 Å². The number of hydrogen-bond acceptors (Lipinski definition) is 4. The van der Waals surface area contributed by atoms with Gasteiger partial charge in [0.15, 0.2) is 11.6 Å². The van der Waals surface area contributed by atoms with Crippen molar-refractivity contribution in [1.29, 1.82) is 0 Å². The predicted molar refractivity (Wildman–Crippen MR) is 79.2 cm³/mol. The minimum absolute atomic E-state index is 0. The number of carbonyl (C=O) groups is 1. The van der Waals surface area contributed by atoms with Gasteiger partial charge in [-0.25, -0.2) is 4.39 Å². The van der Waals surface area contributed by atoms with Gasteiger partial charge in [-0.15, -0.1) is 12.4 Å². The first-order valence-corrected chi connectivity index (χ1v) is 6.66. The normalized spacial score (nSPS) is 22.2. The number of rotatable bonds is 5. The topological polar surface area (TPSA) is 70.6 Å². The van der Waals surface area contributed by atoms with Crippen LogP contribution in [0.15, 0.2) is 24.3 Å². The van der Waals surface area contributed by atoms with Crippen molar-refractivity contribution in [2.24, 2.45) is 0 Å². The van der Waals surface area contributed by atoms with Crippen LogP contribution in [0.2, 0.25) is 0 Å². The molecule has 1 aromatic carbocycles. The van der Waals surface area contributed by atoms with Gasteiger partial charge in [0.05, 0.1) is 18.7 Å². The van der Waals surface area contributed by atoms with E-state index >= 15 is 0 Å². The molecule has 118 valence electrons. The Morgan fingerprint density at radius 2 is 2.29 bits per heavy atom. The number of halogens is 2. The van der Waals surface area contributed by atoms with Gasteiger partial charge in [0.1, 0.15) is 6.10 Å². The molecule has 0 aromatic heterocycles. The van der Waals surface area contributed by atoms with Crippen molar-refractivity contribution in [3.05, 3.63) is 30.1 Å². The lowest BCUT2D eigenvalue weighted by Crippen LogP contribution is -2.43. The lowest BCUT2D eigenvalue weighted by molar-refractivity contribution is -0.123. The quantitative estimate of drug-likeness (QED) is 0.753. The molecule has 3 unspecified atom stereocenters. The first-order valence-electron chi connectivity index (χ1n) is 6.66. The van der Waals surface area contributed by atoms with E-state index in [4.69, 9.17) is 4.74 Å². The summed E-state index contributed by atoms with van der Waals surface area (Å²) in [5, 5.41) is 15.0. The molecule has 1 fully saturated rings. The molecule has 1 aliphatic heterocycles. The summed E-state index contributed by atoms with van der Waals surface area (Å²) in [7, 11) is 0. The van der Waals surface area contributed by atoms with Crippen LogP contribution in [0.3, 0.4) is 0 Å². The van der Waals surface area contributed by atoms with E-state index in [1.54, 1.807) is 25.1 Å². The molecule has 1 heterocycles. The average molecular weight is 319 g/mol. The molecule has 1 aromatic rings. The highest BCUT2D eigenvalue weighted by Crippen LogP contribution is 2.16. The predicted octanol–water partition coefficient (Wildman–Crippen LogP) is 0.854. The Morgan fingerprint density at radius 1 is 1.57 bits per heavy atom. The van der Waals surface area contributed by atoms with Crippen molar-refractivity contribution in [3.63, 3.8) is 0 Å². The molecule has 0 radical (unpaired) electrons. The third-order valence-corrected chi connectivity index (χ3v) is 3.15. The lowest BCUT2D eigenvalue weighted by Gasteiger charge is -2.17. The molecular formula is C14H20ClFN2O3. The van der Waals surface area contributed by atoms with E-state index in [0.717, 1.165) is 0 Å². The zero-order valence-electron chi connectivity index (χ0n) is 11.7. The Balaban J connectivity index is 0.00000220. The van der Waals surface area contributed by atoms with Crippen molar-refractivity contribution in [1.82, 2.24) is 10.6 Å². The number of ether oxygens (including phenoxy) is 1. The van der Waals surface area contributed by atoms with E-state index in [1.807, 2.05) is 0 Å². The summed E-state index contributed by atoms with van der Waals surface area (Å²) in [6.07, 6.45) is -0.408. The van der Waals surface area contributed by atoms with Gasteiger partial charge in [-0.2, -0.15) is 0 Å². The highest BCUT2D eigenvalue weighted by molar-refractivity contribution is 5.85. The molecular weight excluding hydrogens is 299 g/mol. The number of aliphatic hydroxyl groups excluding tert-OH is 1. The second-order valence-electron chi connectivity index (χ2n) is 4.95. The summed E-state index contributed by atoms with van der Waals surface area (Å²) in [5.74, 6) is -0.430. The summed E-state index contributed by atoms with van der Waals surface area (Å²) < 4.78 is 18.8. The Kier molecular flexibility index (Phi) is 6.87. The summed E-state index contributed by atoms with van der Waals surface area (Å²) >= 11 is 0. The SMILES string of the molecule is CC(CNC(=O)C1CC(O)CN1)Oc1ccccc1F.Cl. The lowest BCUT2D eigenvalue weighted by atomic mass is 10.2. The Hall–Kier alpha value is -1.37. The van der Waals surface area contributed by atoms with Crippen LogP contribution >= 0.6 is 12.4 Å². The molecule has 1 aliphatic rings. The summed E-state index contributed by atoms with van der Waals surface area (Å²) in [6, 6.07) is 5.78. The first-order chi connectivity index (χ1) is 9.56. The number of carbonyl (C=O) groups excluding carboxylic acids is 1. The number of β-amino-alcohol motifs (C(OH)–C–C–N with tert-alkyl or cyclic N) is 1.